The van der Waals surface area contributed by atoms with Crippen molar-refractivity contribution in [3.05, 3.63) is 125 Å². The zero-order chi connectivity index (χ0) is 38.2. The van der Waals surface area contributed by atoms with Crippen LogP contribution in [0.1, 0.15) is 59.5 Å². The topological polar surface area (TPSA) is 125 Å². The Hall–Kier alpha value is -5.14. The van der Waals surface area contributed by atoms with Gasteiger partial charge in [0.15, 0.2) is 5.78 Å². The number of carbonyl (C=O) groups excluding carboxylic acids is 3. The Morgan fingerprint density at radius 1 is 0.865 bits per heavy atom. The molecule has 0 spiro atoms. The van der Waals surface area contributed by atoms with E-state index in [4.69, 9.17) is 9.47 Å². The third-order valence-corrected chi connectivity index (χ3v) is 8.73. The molecule has 1 unspecified atom stereocenters. The van der Waals surface area contributed by atoms with E-state index in [2.05, 4.69) is 5.32 Å². The Labute approximate surface area is 304 Å². The lowest BCUT2D eigenvalue weighted by Crippen LogP contribution is -2.51. The van der Waals surface area contributed by atoms with E-state index in [1.807, 2.05) is 0 Å². The summed E-state index contributed by atoms with van der Waals surface area (Å²) in [6.45, 7) is 6.06. The van der Waals surface area contributed by atoms with E-state index in [0.717, 1.165) is 12.1 Å². The average molecular weight is 736 g/mol. The number of nitrogens with zero attached hydrogens (tertiary/aromatic N) is 2. The minimum atomic E-state index is -1.61. The molecule has 4 aromatic rings. The van der Waals surface area contributed by atoms with E-state index in [1.165, 1.54) is 47.7 Å². The summed E-state index contributed by atoms with van der Waals surface area (Å²) >= 11 is 0. The largest absolute Gasteiger partial charge is 0.497 e. The molecule has 0 saturated carbocycles. The number of hydrogen-bond donors (Lipinski definition) is 2. The molecule has 4 aromatic carbocycles. The molecule has 276 valence electrons. The second-order valence-electron chi connectivity index (χ2n) is 13.2. The lowest BCUT2D eigenvalue weighted by Gasteiger charge is -2.32. The Morgan fingerprint density at radius 2 is 1.52 bits per heavy atom. The Kier molecular flexibility index (Phi) is 13.3. The van der Waals surface area contributed by atoms with Crippen molar-refractivity contribution in [2.75, 3.05) is 24.2 Å². The summed E-state index contributed by atoms with van der Waals surface area (Å²) < 4.78 is 54.0. The minimum absolute atomic E-state index is 0.00270. The van der Waals surface area contributed by atoms with Crippen LogP contribution in [0.3, 0.4) is 0 Å². The van der Waals surface area contributed by atoms with Gasteiger partial charge in [-0.3, -0.25) is 13.9 Å². The molecule has 2 N–H and O–H groups in total. The number of Topliss-reactive ketones (excluding diaryl/α,β-unsaturated/α-hetero) is 1. The molecule has 0 aliphatic heterocycles. The lowest BCUT2D eigenvalue weighted by atomic mass is 9.99. The summed E-state index contributed by atoms with van der Waals surface area (Å²) in [6.07, 6.45) is -1.02. The van der Waals surface area contributed by atoms with Crippen LogP contribution in [-0.2, 0) is 28.7 Å². The fraction of sp³-hybridized carbons (Fsp3) is 0.308. The van der Waals surface area contributed by atoms with Gasteiger partial charge in [-0.25, -0.2) is 17.8 Å². The highest BCUT2D eigenvalue weighted by atomic mass is 32.2. The van der Waals surface area contributed by atoms with Gasteiger partial charge >= 0.3 is 6.09 Å². The first-order chi connectivity index (χ1) is 24.5. The first-order valence-corrected chi connectivity index (χ1v) is 17.9. The number of halogens is 2. The van der Waals surface area contributed by atoms with Crippen LogP contribution >= 0.6 is 0 Å². The van der Waals surface area contributed by atoms with E-state index in [-0.39, 0.29) is 42.0 Å². The van der Waals surface area contributed by atoms with Crippen molar-refractivity contribution in [1.82, 2.24) is 10.2 Å². The van der Waals surface area contributed by atoms with Crippen molar-refractivity contribution in [2.45, 2.75) is 58.4 Å². The number of nitrogens with one attached hydrogen (secondary N) is 1. The number of amides is 2. The third-order valence-electron chi connectivity index (χ3n) is 7.79. The highest BCUT2D eigenvalue weighted by Crippen LogP contribution is 2.29. The molecule has 0 aromatic heterocycles. The van der Waals surface area contributed by atoms with Crippen LogP contribution in [0.15, 0.2) is 91.0 Å². The molecule has 13 heteroatoms. The maximum atomic E-state index is 14.3. The third kappa shape index (κ3) is 11.2. The van der Waals surface area contributed by atoms with Crippen molar-refractivity contribution in [3.8, 4) is 5.75 Å². The molecule has 0 heterocycles. The van der Waals surface area contributed by atoms with Gasteiger partial charge in [0.05, 0.1) is 37.2 Å². The molecule has 10 nitrogen and oxygen atoms in total. The zero-order valence-electron chi connectivity index (χ0n) is 29.9. The lowest BCUT2D eigenvalue weighted by molar-refractivity contribution is 0.00836. The van der Waals surface area contributed by atoms with Gasteiger partial charge in [-0.2, -0.15) is 0 Å². The molecular formula is C39H43F2N3O7S. The first-order valence-electron chi connectivity index (χ1n) is 16.4. The molecule has 0 aliphatic rings. The normalized spacial score (nSPS) is 13.0. The second kappa shape index (κ2) is 17.4. The van der Waals surface area contributed by atoms with Crippen molar-refractivity contribution in [2.24, 2.45) is 0 Å². The number of ether oxygens (including phenoxy) is 2. The number of aliphatic hydroxyl groups excluding tert-OH is 1. The number of rotatable bonds is 14. The molecule has 4 rings (SSSR count). The van der Waals surface area contributed by atoms with Gasteiger partial charge in [0, 0.05) is 30.0 Å². The zero-order valence-corrected chi connectivity index (χ0v) is 30.7. The van der Waals surface area contributed by atoms with E-state index in [9.17, 15) is 32.5 Å². The Morgan fingerprint density at radius 3 is 2.12 bits per heavy atom. The van der Waals surface area contributed by atoms with E-state index in [0.29, 0.717) is 28.8 Å². The summed E-state index contributed by atoms with van der Waals surface area (Å²) in [6, 6.07) is 21.7. The summed E-state index contributed by atoms with van der Waals surface area (Å²) in [5, 5.41) is 14.5. The molecule has 0 aliphatic carbocycles. The number of benzene rings is 4. The van der Waals surface area contributed by atoms with Crippen LogP contribution in [0.25, 0.3) is 0 Å². The van der Waals surface area contributed by atoms with E-state index >= 15 is 0 Å². The van der Waals surface area contributed by atoms with E-state index < -0.39 is 52.4 Å². The summed E-state index contributed by atoms with van der Waals surface area (Å²) in [5.41, 5.74) is 0.920. The van der Waals surface area contributed by atoms with Gasteiger partial charge in [-0.15, -0.1) is 0 Å². The summed E-state index contributed by atoms with van der Waals surface area (Å²) in [7, 11) is -0.107. The predicted molar refractivity (Wildman–Crippen MR) is 196 cm³/mol. The molecule has 0 radical (unpaired) electrons. The van der Waals surface area contributed by atoms with Gasteiger partial charge in [-0.05, 0) is 99.8 Å². The van der Waals surface area contributed by atoms with Gasteiger partial charge in [0.2, 0.25) is 0 Å². The maximum absolute atomic E-state index is 14.3. The summed E-state index contributed by atoms with van der Waals surface area (Å²) in [4.78, 5) is 41.3. The Balaban J connectivity index is 1.73. The van der Waals surface area contributed by atoms with Crippen LogP contribution < -0.4 is 14.4 Å². The molecule has 3 atom stereocenters. The summed E-state index contributed by atoms with van der Waals surface area (Å²) in [5.74, 6) is -2.25. The van der Waals surface area contributed by atoms with Crippen molar-refractivity contribution < 1.29 is 42.0 Å². The minimum Gasteiger partial charge on any atom is -0.497 e. The van der Waals surface area contributed by atoms with Crippen LogP contribution in [0.4, 0.5) is 25.0 Å². The van der Waals surface area contributed by atoms with Crippen molar-refractivity contribution in [1.29, 1.82) is 0 Å². The van der Waals surface area contributed by atoms with Gasteiger partial charge in [-0.1, -0.05) is 30.3 Å². The average Bonchev–Trinajstić information content (AvgIpc) is 3.06. The van der Waals surface area contributed by atoms with Crippen LogP contribution in [-0.4, -0.2) is 69.7 Å². The number of anilines is 2. The van der Waals surface area contributed by atoms with Crippen LogP contribution in [0.2, 0.25) is 0 Å². The van der Waals surface area contributed by atoms with Crippen molar-refractivity contribution in [3.63, 3.8) is 0 Å². The van der Waals surface area contributed by atoms with Gasteiger partial charge in [0.1, 0.15) is 34.0 Å². The smallest absolute Gasteiger partial charge is 0.410 e. The standard InChI is InChI=1S/C39H43F2N3O7S/c1-25(45)28-19-29(21-33(20-28)44(52(6)49)32-12-8-7-9-13-32)37(47)42-35(18-27-15-30(40)22-31(41)16-27)36(46)24-43(38(48)51-39(2,3)4)23-26-11-10-14-34(17-26)50-5/h7-17,19-22,35-36,46H,18,23-24H2,1-6H3,(H,42,47)/t35-,36+,52?/m0/s1. The molecule has 52 heavy (non-hydrogen) atoms. The number of aliphatic hydroxyl groups is 1. The van der Waals surface area contributed by atoms with Gasteiger partial charge < -0.3 is 24.8 Å². The number of carbonyl (C=O) groups is 3. The molecular weight excluding hydrogens is 693 g/mol. The number of methoxy groups -OCH3 is 1. The molecule has 0 bridgehead atoms. The number of hydrogen-bond acceptors (Lipinski definition) is 7. The highest BCUT2D eigenvalue weighted by Gasteiger charge is 2.30. The highest BCUT2D eigenvalue weighted by molar-refractivity contribution is 7.86. The first kappa shape index (κ1) is 39.6. The monoisotopic (exact) mass is 735 g/mol. The number of para-hydroxylation sites is 1. The SMILES string of the molecule is COc1cccc(CN(C[C@@H](O)[C@H](Cc2cc(F)cc(F)c2)NC(=O)c2cc(C(C)=O)cc(N(c3ccccc3)S(C)=O)c2)C(=O)OC(C)(C)C)c1. The molecule has 2 amide bonds. The van der Waals surface area contributed by atoms with Gasteiger partial charge in [0.25, 0.3) is 5.91 Å². The quantitative estimate of drug-likeness (QED) is 0.137. The molecule has 0 saturated heterocycles. The maximum Gasteiger partial charge on any atom is 0.410 e. The fourth-order valence-electron chi connectivity index (χ4n) is 5.46. The predicted octanol–water partition coefficient (Wildman–Crippen LogP) is 6.75. The van der Waals surface area contributed by atoms with Crippen LogP contribution in [0.5, 0.6) is 5.75 Å². The van der Waals surface area contributed by atoms with Crippen molar-refractivity contribution >= 4 is 40.1 Å². The van der Waals surface area contributed by atoms with Crippen LogP contribution in [0, 0.1) is 11.6 Å². The van der Waals surface area contributed by atoms with E-state index in [1.54, 1.807) is 75.4 Å². The Bertz CT molecular complexity index is 1900. The number of ketones is 1. The second-order valence-corrected chi connectivity index (χ2v) is 14.4. The molecule has 0 fully saturated rings. The fourth-order valence-corrected chi connectivity index (χ4v) is 6.29.